The summed E-state index contributed by atoms with van der Waals surface area (Å²) in [6.45, 7) is -0.641. The first-order valence-electron chi connectivity index (χ1n) is 9.25. The first-order valence-corrected chi connectivity index (χ1v) is 9.25. The summed E-state index contributed by atoms with van der Waals surface area (Å²) in [6, 6.07) is 3.28. The van der Waals surface area contributed by atoms with Crippen LogP contribution in [0.4, 0.5) is 8.78 Å². The Labute approximate surface area is 169 Å². The molecule has 1 saturated heterocycles. The molecule has 3 rings (SSSR count). The molecule has 1 amide bonds. The van der Waals surface area contributed by atoms with Crippen LogP contribution in [0.1, 0.15) is 36.0 Å². The molecule has 0 unspecified atom stereocenters. The van der Waals surface area contributed by atoms with Crippen molar-refractivity contribution in [2.75, 3.05) is 33.9 Å². The van der Waals surface area contributed by atoms with Crippen LogP contribution in [0.25, 0.3) is 0 Å². The topological polar surface area (TPSA) is 60.0 Å². The molecular formula is C19H27ClF2N2O4. The van der Waals surface area contributed by atoms with E-state index in [0.717, 1.165) is 25.3 Å². The van der Waals surface area contributed by atoms with Gasteiger partial charge in [-0.05, 0) is 50.3 Å². The highest BCUT2D eigenvalue weighted by atomic mass is 35.5. The predicted octanol–water partition coefficient (Wildman–Crippen LogP) is 3.33. The fourth-order valence-corrected chi connectivity index (χ4v) is 3.33. The van der Waals surface area contributed by atoms with Gasteiger partial charge in [-0.15, -0.1) is 12.4 Å². The van der Waals surface area contributed by atoms with E-state index >= 15 is 0 Å². The van der Waals surface area contributed by atoms with E-state index in [1.165, 1.54) is 39.2 Å². The van der Waals surface area contributed by atoms with Gasteiger partial charge >= 0.3 is 6.61 Å². The van der Waals surface area contributed by atoms with Crippen molar-refractivity contribution in [2.24, 2.45) is 5.92 Å². The molecule has 6 nitrogen and oxygen atoms in total. The van der Waals surface area contributed by atoms with Crippen molar-refractivity contribution >= 4 is 18.3 Å². The number of methoxy groups -OCH3 is 2. The second-order valence-corrected chi connectivity index (χ2v) is 7.01. The molecule has 0 spiro atoms. The molecule has 2 fully saturated rings. The minimum Gasteiger partial charge on any atom is -0.493 e. The Morgan fingerprint density at radius 1 is 1.14 bits per heavy atom. The lowest BCUT2D eigenvalue weighted by atomic mass is 10.0. The smallest absolute Gasteiger partial charge is 0.387 e. The van der Waals surface area contributed by atoms with Crippen LogP contribution in [0.15, 0.2) is 12.1 Å². The third-order valence-corrected chi connectivity index (χ3v) is 5.09. The van der Waals surface area contributed by atoms with Crippen molar-refractivity contribution < 1.29 is 27.8 Å². The van der Waals surface area contributed by atoms with E-state index in [9.17, 15) is 13.6 Å². The lowest BCUT2D eigenvalue weighted by molar-refractivity contribution is -0.0526. The third-order valence-electron chi connectivity index (χ3n) is 5.09. The number of benzene rings is 1. The molecular weight excluding hydrogens is 394 g/mol. The van der Waals surface area contributed by atoms with Crippen molar-refractivity contribution in [1.82, 2.24) is 10.2 Å². The maximum absolute atomic E-state index is 12.9. The van der Waals surface area contributed by atoms with Crippen LogP contribution in [0, 0.1) is 5.92 Å². The Balaban J connectivity index is 0.00000280. The molecule has 0 radical (unpaired) electrons. The molecule has 9 heteroatoms. The summed E-state index contributed by atoms with van der Waals surface area (Å²) < 4.78 is 40.0. The zero-order valence-corrected chi connectivity index (χ0v) is 16.9. The van der Waals surface area contributed by atoms with Gasteiger partial charge in [0, 0.05) is 24.7 Å². The molecule has 0 aromatic heterocycles. The Morgan fingerprint density at radius 2 is 1.71 bits per heavy atom. The van der Waals surface area contributed by atoms with E-state index in [-0.39, 0.29) is 35.6 Å². The van der Waals surface area contributed by atoms with Crippen molar-refractivity contribution in [3.63, 3.8) is 0 Å². The number of ether oxygens (including phenoxy) is 3. The lowest BCUT2D eigenvalue weighted by Gasteiger charge is -2.32. The number of likely N-dealkylation sites (tertiary alicyclic amines) is 1. The fraction of sp³-hybridized carbons (Fsp3) is 0.632. The second-order valence-electron chi connectivity index (χ2n) is 7.01. The number of amides is 1. The minimum atomic E-state index is -3.02. The first kappa shape index (κ1) is 22.5. The van der Waals surface area contributed by atoms with E-state index in [0.29, 0.717) is 24.7 Å². The van der Waals surface area contributed by atoms with Crippen LogP contribution in [-0.4, -0.2) is 57.3 Å². The van der Waals surface area contributed by atoms with Crippen molar-refractivity contribution in [3.8, 4) is 17.2 Å². The van der Waals surface area contributed by atoms with Gasteiger partial charge < -0.3 is 24.4 Å². The maximum atomic E-state index is 12.9. The third kappa shape index (κ3) is 5.61. The standard InChI is InChI=1S/C19H26F2N2O4.ClH/c1-25-15-9-13(10-16(26-2)17(15)27-19(20)21)18(24)23-7-5-14(6-8-23)22-11-12-3-4-12;/h9-10,12,14,19,22H,3-8,11H2,1-2H3;1H. The van der Waals surface area contributed by atoms with E-state index in [1.54, 1.807) is 4.90 Å². The number of halogens is 3. The van der Waals surface area contributed by atoms with Crippen LogP contribution in [0.3, 0.4) is 0 Å². The molecule has 1 heterocycles. The average molecular weight is 421 g/mol. The molecule has 1 aromatic rings. The maximum Gasteiger partial charge on any atom is 0.387 e. The Kier molecular flexibility index (Phi) is 8.12. The second kappa shape index (κ2) is 10.1. The summed E-state index contributed by atoms with van der Waals surface area (Å²) >= 11 is 0. The SMILES string of the molecule is COc1cc(C(=O)N2CCC(NCC3CC3)CC2)cc(OC)c1OC(F)F.Cl. The Bertz CT molecular complexity index is 640. The van der Waals surface area contributed by atoms with Crippen LogP contribution in [0.2, 0.25) is 0 Å². The van der Waals surface area contributed by atoms with Crippen LogP contribution >= 0.6 is 12.4 Å². The number of nitrogens with zero attached hydrogens (tertiary/aromatic N) is 1. The summed E-state index contributed by atoms with van der Waals surface area (Å²) in [7, 11) is 2.66. The van der Waals surface area contributed by atoms with E-state index in [1.807, 2.05) is 0 Å². The highest BCUT2D eigenvalue weighted by molar-refractivity contribution is 5.95. The Morgan fingerprint density at radius 3 is 2.18 bits per heavy atom. The van der Waals surface area contributed by atoms with Gasteiger partial charge in [0.15, 0.2) is 11.5 Å². The fourth-order valence-electron chi connectivity index (χ4n) is 3.33. The van der Waals surface area contributed by atoms with Crippen molar-refractivity contribution in [1.29, 1.82) is 0 Å². The molecule has 28 heavy (non-hydrogen) atoms. The molecule has 0 bridgehead atoms. The van der Waals surface area contributed by atoms with Crippen LogP contribution in [0.5, 0.6) is 17.2 Å². The molecule has 158 valence electrons. The zero-order valence-electron chi connectivity index (χ0n) is 16.1. The van der Waals surface area contributed by atoms with Gasteiger partial charge in [0.1, 0.15) is 0 Å². The molecule has 1 aliphatic heterocycles. The molecule has 1 saturated carbocycles. The normalized spacial score (nSPS) is 17.2. The quantitative estimate of drug-likeness (QED) is 0.699. The van der Waals surface area contributed by atoms with Gasteiger partial charge in [-0.25, -0.2) is 0 Å². The zero-order chi connectivity index (χ0) is 19.4. The highest BCUT2D eigenvalue weighted by Gasteiger charge is 2.28. The predicted molar refractivity (Wildman–Crippen MR) is 103 cm³/mol. The summed E-state index contributed by atoms with van der Waals surface area (Å²) in [6.07, 6.45) is 4.44. The summed E-state index contributed by atoms with van der Waals surface area (Å²) in [5, 5.41) is 3.58. The number of piperidine rings is 1. The number of hydrogen-bond donors (Lipinski definition) is 1. The number of rotatable bonds is 8. The lowest BCUT2D eigenvalue weighted by Crippen LogP contribution is -2.45. The first-order chi connectivity index (χ1) is 13.0. The number of carbonyl (C=O) groups excluding carboxylic acids is 1. The van der Waals surface area contributed by atoms with Gasteiger partial charge in [0.2, 0.25) is 5.75 Å². The van der Waals surface area contributed by atoms with Gasteiger partial charge in [0.25, 0.3) is 5.91 Å². The van der Waals surface area contributed by atoms with Gasteiger partial charge in [0.05, 0.1) is 14.2 Å². The summed E-state index contributed by atoms with van der Waals surface area (Å²) in [5.74, 6) is 0.530. The van der Waals surface area contributed by atoms with Crippen molar-refractivity contribution in [2.45, 2.75) is 38.3 Å². The van der Waals surface area contributed by atoms with Gasteiger partial charge in [-0.2, -0.15) is 8.78 Å². The van der Waals surface area contributed by atoms with E-state index in [4.69, 9.17) is 9.47 Å². The summed E-state index contributed by atoms with van der Waals surface area (Å²) in [4.78, 5) is 14.6. The van der Waals surface area contributed by atoms with Gasteiger partial charge in [-0.3, -0.25) is 4.79 Å². The van der Waals surface area contributed by atoms with Crippen molar-refractivity contribution in [3.05, 3.63) is 17.7 Å². The number of alkyl halides is 2. The summed E-state index contributed by atoms with van der Waals surface area (Å²) in [5.41, 5.74) is 0.328. The number of hydrogen-bond acceptors (Lipinski definition) is 5. The molecule has 1 N–H and O–H groups in total. The molecule has 1 aliphatic carbocycles. The van der Waals surface area contributed by atoms with Crippen LogP contribution in [-0.2, 0) is 0 Å². The highest BCUT2D eigenvalue weighted by Crippen LogP contribution is 2.40. The number of nitrogens with one attached hydrogen (secondary N) is 1. The molecule has 2 aliphatic rings. The average Bonchev–Trinajstić information content (AvgIpc) is 3.50. The largest absolute Gasteiger partial charge is 0.493 e. The molecule has 1 aromatic carbocycles. The number of carbonyl (C=O) groups is 1. The monoisotopic (exact) mass is 420 g/mol. The van der Waals surface area contributed by atoms with Gasteiger partial charge in [-0.1, -0.05) is 0 Å². The van der Waals surface area contributed by atoms with E-state index < -0.39 is 6.61 Å². The van der Waals surface area contributed by atoms with E-state index in [2.05, 4.69) is 10.1 Å². The Hall–Kier alpha value is -1.80. The molecule has 0 atom stereocenters. The minimum absolute atomic E-state index is 0. The van der Waals surface area contributed by atoms with Crippen LogP contribution < -0.4 is 19.5 Å².